The van der Waals surface area contributed by atoms with Gasteiger partial charge in [-0.25, -0.2) is 9.37 Å². The molecule has 2 aliphatic rings. The summed E-state index contributed by atoms with van der Waals surface area (Å²) in [6.07, 6.45) is -0.642. The first kappa shape index (κ1) is 27.0. The molecule has 1 saturated heterocycles. The molecule has 0 bridgehead atoms. The molecule has 1 saturated carbocycles. The van der Waals surface area contributed by atoms with Crippen molar-refractivity contribution in [1.82, 2.24) is 20.5 Å². The second kappa shape index (κ2) is 10.0. The number of nitrogens with one attached hydrogen (secondary N) is 2. The number of benzene rings is 1. The molecule has 2 fully saturated rings. The summed E-state index contributed by atoms with van der Waals surface area (Å²) < 4.78 is 14.3. The number of nitrogens with zero attached hydrogens (tertiary/aromatic N) is 2. The number of halogens is 1. The van der Waals surface area contributed by atoms with Crippen LogP contribution in [-0.4, -0.2) is 68.2 Å². The zero-order chi connectivity index (χ0) is 27.1. The molecule has 2 aromatic rings. The monoisotopic (exact) mass is 532 g/mol. The fraction of sp³-hybridized carbons (Fsp3) is 0.538. The average molecular weight is 533 g/mol. The van der Waals surface area contributed by atoms with Gasteiger partial charge in [0, 0.05) is 25.1 Å². The normalized spacial score (nSPS) is 21.4. The maximum absolute atomic E-state index is 14.3. The van der Waals surface area contributed by atoms with Gasteiger partial charge in [0.2, 0.25) is 11.8 Å². The Balaban J connectivity index is 1.45. The van der Waals surface area contributed by atoms with Crippen molar-refractivity contribution < 1.29 is 29.0 Å². The van der Waals surface area contributed by atoms with Crippen molar-refractivity contribution in [1.29, 1.82) is 0 Å². The van der Waals surface area contributed by atoms with Crippen molar-refractivity contribution >= 4 is 29.1 Å². The van der Waals surface area contributed by atoms with Crippen molar-refractivity contribution in [2.45, 2.75) is 77.4 Å². The molecule has 1 aliphatic carbocycles. The maximum Gasteiger partial charge on any atom is 0.258 e. The minimum Gasteiger partial charge on any atom is -0.508 e. The van der Waals surface area contributed by atoms with E-state index in [1.165, 1.54) is 16.2 Å². The van der Waals surface area contributed by atoms with Crippen LogP contribution in [0.1, 0.15) is 51.3 Å². The highest BCUT2D eigenvalue weighted by atomic mass is 32.1. The summed E-state index contributed by atoms with van der Waals surface area (Å²) in [4.78, 5) is 45.4. The molecule has 4 N–H and O–H groups in total. The van der Waals surface area contributed by atoms with E-state index in [0.29, 0.717) is 5.56 Å². The quantitative estimate of drug-likeness (QED) is 0.433. The summed E-state index contributed by atoms with van der Waals surface area (Å²) in [5, 5.41) is 26.1. The second-order valence-electron chi connectivity index (χ2n) is 11.0. The minimum atomic E-state index is -1.94. The lowest BCUT2D eigenvalue weighted by molar-refractivity contribution is -0.145. The van der Waals surface area contributed by atoms with Gasteiger partial charge in [-0.1, -0.05) is 32.9 Å². The first-order chi connectivity index (χ1) is 17.3. The van der Waals surface area contributed by atoms with Crippen molar-refractivity contribution in [2.75, 3.05) is 6.54 Å². The molecule has 0 radical (unpaired) electrons. The van der Waals surface area contributed by atoms with Gasteiger partial charge in [-0.2, -0.15) is 0 Å². The third-order valence-electron chi connectivity index (χ3n) is 6.90. The van der Waals surface area contributed by atoms with Gasteiger partial charge >= 0.3 is 0 Å². The number of hydrogen-bond acceptors (Lipinski definition) is 7. The molecule has 0 spiro atoms. The molecular formula is C26H33FN4O5S. The summed E-state index contributed by atoms with van der Waals surface area (Å²) in [5.41, 5.74) is 1.21. The minimum absolute atomic E-state index is 0.0146. The Bertz CT molecular complexity index is 1210. The van der Waals surface area contributed by atoms with Crippen LogP contribution in [0, 0.1) is 12.3 Å². The smallest absolute Gasteiger partial charge is 0.258 e. The van der Waals surface area contributed by atoms with Gasteiger partial charge in [0.25, 0.3) is 5.91 Å². The summed E-state index contributed by atoms with van der Waals surface area (Å²) in [6, 6.07) is 3.13. The van der Waals surface area contributed by atoms with E-state index >= 15 is 0 Å². The summed E-state index contributed by atoms with van der Waals surface area (Å²) >= 11 is 1.47. The Morgan fingerprint density at radius 3 is 2.57 bits per heavy atom. The van der Waals surface area contributed by atoms with Crippen LogP contribution in [0.5, 0.6) is 5.75 Å². The molecule has 3 unspecified atom stereocenters. The number of carbonyl (C=O) groups is 3. The predicted molar refractivity (Wildman–Crippen MR) is 136 cm³/mol. The number of aryl methyl sites for hydroxylation is 1. The zero-order valence-corrected chi connectivity index (χ0v) is 22.2. The number of rotatable bonds is 7. The number of aliphatic hydroxyl groups excluding tert-OH is 1. The standard InChI is InChI=1S/C26H33FN4O5S/c1-14-20(37-13-29-14)15-5-6-16(19(33)9-15)11-28-22(34)18-10-17(32)12-31(18)23(35)21(25(2,3)4)30-24(36)26(27)7-8-26/h5-6,9,13,17-18,21,32-33H,7-8,10-12H2,1-4H3,(H,28,34)(H,30,36). The number of phenolic OH excluding ortho intramolecular Hbond substituents is 1. The molecule has 1 aromatic carbocycles. The van der Waals surface area contributed by atoms with Crippen molar-refractivity contribution in [3.8, 4) is 16.2 Å². The third-order valence-corrected chi connectivity index (χ3v) is 7.87. The van der Waals surface area contributed by atoms with Crippen LogP contribution >= 0.6 is 11.3 Å². The van der Waals surface area contributed by atoms with Crippen LogP contribution in [0.25, 0.3) is 10.4 Å². The van der Waals surface area contributed by atoms with E-state index in [0.717, 1.165) is 16.1 Å². The van der Waals surface area contributed by atoms with Crippen LogP contribution in [0.3, 0.4) is 0 Å². The fourth-order valence-electron chi connectivity index (χ4n) is 4.45. The number of alkyl halides is 1. The van der Waals surface area contributed by atoms with Gasteiger partial charge in [-0.05, 0) is 36.8 Å². The number of aliphatic hydroxyl groups is 1. The number of aromatic nitrogens is 1. The Labute approximate surface area is 219 Å². The van der Waals surface area contributed by atoms with Gasteiger partial charge in [0.1, 0.15) is 17.8 Å². The molecule has 4 rings (SSSR count). The number of hydrogen-bond donors (Lipinski definition) is 4. The lowest BCUT2D eigenvalue weighted by Gasteiger charge is -2.35. The van der Waals surface area contributed by atoms with Gasteiger partial charge in [-0.15, -0.1) is 11.3 Å². The molecule has 11 heteroatoms. The number of β-amino-alcohol motifs (C(OH)–C–C–N with tert-alkyl or cyclic N) is 1. The maximum atomic E-state index is 14.3. The topological polar surface area (TPSA) is 132 Å². The summed E-state index contributed by atoms with van der Waals surface area (Å²) in [7, 11) is 0. The van der Waals surface area contributed by atoms with Crippen molar-refractivity contribution in [3.63, 3.8) is 0 Å². The van der Waals surface area contributed by atoms with E-state index in [9.17, 15) is 29.0 Å². The molecule has 37 heavy (non-hydrogen) atoms. The Kier molecular flexibility index (Phi) is 7.31. The molecule has 3 atom stereocenters. The van der Waals surface area contributed by atoms with Gasteiger partial charge in [0.05, 0.1) is 22.2 Å². The lowest BCUT2D eigenvalue weighted by atomic mass is 9.85. The zero-order valence-electron chi connectivity index (χ0n) is 21.4. The van der Waals surface area contributed by atoms with Crippen LogP contribution in [-0.2, 0) is 20.9 Å². The third kappa shape index (κ3) is 5.77. The van der Waals surface area contributed by atoms with E-state index in [4.69, 9.17) is 0 Å². The highest BCUT2D eigenvalue weighted by Gasteiger charge is 2.53. The van der Waals surface area contributed by atoms with Gasteiger partial charge in [0.15, 0.2) is 5.67 Å². The highest BCUT2D eigenvalue weighted by molar-refractivity contribution is 7.13. The molecule has 3 amide bonds. The number of aromatic hydroxyl groups is 1. The van der Waals surface area contributed by atoms with E-state index < -0.39 is 47.0 Å². The Hall–Kier alpha value is -3.05. The molecule has 2 heterocycles. The Morgan fingerprint density at radius 1 is 1.30 bits per heavy atom. The predicted octanol–water partition coefficient (Wildman–Crippen LogP) is 2.44. The highest BCUT2D eigenvalue weighted by Crippen LogP contribution is 2.40. The van der Waals surface area contributed by atoms with E-state index in [1.54, 1.807) is 38.4 Å². The number of carbonyl (C=O) groups excluding carboxylic acids is 3. The van der Waals surface area contributed by atoms with E-state index in [1.807, 2.05) is 13.0 Å². The van der Waals surface area contributed by atoms with Crippen LogP contribution in [0.4, 0.5) is 4.39 Å². The molecule has 200 valence electrons. The van der Waals surface area contributed by atoms with Crippen LogP contribution in [0.2, 0.25) is 0 Å². The first-order valence-electron chi connectivity index (χ1n) is 12.3. The molecule has 1 aromatic heterocycles. The van der Waals surface area contributed by atoms with E-state index in [2.05, 4.69) is 15.6 Å². The largest absolute Gasteiger partial charge is 0.508 e. The van der Waals surface area contributed by atoms with Gasteiger partial charge < -0.3 is 25.7 Å². The summed E-state index contributed by atoms with van der Waals surface area (Å²) in [5.74, 6) is -1.85. The second-order valence-corrected chi connectivity index (χ2v) is 11.8. The molecule has 1 aliphatic heterocycles. The fourth-order valence-corrected chi connectivity index (χ4v) is 5.25. The molecule has 9 nitrogen and oxygen atoms in total. The average Bonchev–Trinajstić information content (AvgIpc) is 3.23. The van der Waals surface area contributed by atoms with E-state index in [-0.39, 0.29) is 38.1 Å². The number of phenols is 1. The number of amides is 3. The Morgan fingerprint density at radius 2 is 2.00 bits per heavy atom. The SMILES string of the molecule is Cc1ncsc1-c1ccc(CNC(=O)C2CC(O)CN2C(=O)C(NC(=O)C2(F)CC2)C(C)(C)C)c(O)c1. The lowest BCUT2D eigenvalue weighted by Crippen LogP contribution is -2.59. The first-order valence-corrected chi connectivity index (χ1v) is 13.2. The van der Waals surface area contributed by atoms with Crippen molar-refractivity contribution in [2.24, 2.45) is 5.41 Å². The van der Waals surface area contributed by atoms with Gasteiger partial charge in [-0.3, -0.25) is 14.4 Å². The summed E-state index contributed by atoms with van der Waals surface area (Å²) in [6.45, 7) is 7.07. The van der Waals surface area contributed by atoms with Crippen LogP contribution < -0.4 is 10.6 Å². The van der Waals surface area contributed by atoms with Crippen LogP contribution in [0.15, 0.2) is 23.7 Å². The number of likely N-dealkylation sites (tertiary alicyclic amines) is 1. The number of thiazole rings is 1. The molecular weight excluding hydrogens is 499 g/mol. The van der Waals surface area contributed by atoms with Crippen molar-refractivity contribution in [3.05, 3.63) is 35.0 Å².